The summed E-state index contributed by atoms with van der Waals surface area (Å²) in [5.74, 6) is 0.626. The average molecular weight is 342 g/mol. The summed E-state index contributed by atoms with van der Waals surface area (Å²) >= 11 is 4.99. The Balaban J connectivity index is 2.87. The fourth-order valence-corrected chi connectivity index (χ4v) is 1.77. The Bertz CT molecular complexity index is 594. The molecule has 1 aromatic carbocycles. The molecule has 0 aliphatic carbocycles. The van der Waals surface area contributed by atoms with Crippen LogP contribution < -0.4 is 20.2 Å². The van der Waals surface area contributed by atoms with Crippen molar-refractivity contribution in [1.82, 2.24) is 10.7 Å². The first-order valence-corrected chi connectivity index (χ1v) is 6.90. The van der Waals surface area contributed by atoms with Crippen LogP contribution in [0.2, 0.25) is 0 Å². The van der Waals surface area contributed by atoms with Crippen molar-refractivity contribution in [2.45, 2.75) is 0 Å². The van der Waals surface area contributed by atoms with Crippen LogP contribution in [0.4, 0.5) is 5.69 Å². The number of ether oxygens (including phenoxy) is 3. The summed E-state index contributed by atoms with van der Waals surface area (Å²) in [5.41, 5.74) is 2.65. The van der Waals surface area contributed by atoms with Crippen LogP contribution in [0.3, 0.4) is 0 Å². The van der Waals surface area contributed by atoms with E-state index in [9.17, 15) is 10.1 Å². The van der Waals surface area contributed by atoms with Crippen molar-refractivity contribution in [3.63, 3.8) is 0 Å². The van der Waals surface area contributed by atoms with Crippen molar-refractivity contribution >= 4 is 29.2 Å². The lowest BCUT2D eigenvalue weighted by Crippen LogP contribution is -2.34. The lowest BCUT2D eigenvalue weighted by Gasteiger charge is -2.09. The van der Waals surface area contributed by atoms with Crippen LogP contribution in [0.5, 0.6) is 11.5 Å². The smallest absolute Gasteiger partial charge is 0.282 e. The highest BCUT2D eigenvalue weighted by atomic mass is 32.1. The summed E-state index contributed by atoms with van der Waals surface area (Å²) in [4.78, 5) is 10.6. The van der Waals surface area contributed by atoms with Crippen LogP contribution >= 0.6 is 12.2 Å². The van der Waals surface area contributed by atoms with Gasteiger partial charge in [-0.3, -0.25) is 15.5 Å². The maximum atomic E-state index is 11.1. The van der Waals surface area contributed by atoms with Gasteiger partial charge in [-0.05, 0) is 18.3 Å². The van der Waals surface area contributed by atoms with E-state index in [1.54, 1.807) is 7.11 Å². The molecule has 1 rings (SSSR count). The molecule has 0 unspecified atom stereocenters. The zero-order valence-corrected chi connectivity index (χ0v) is 13.8. The zero-order chi connectivity index (χ0) is 17.2. The third-order valence-corrected chi connectivity index (χ3v) is 2.93. The van der Waals surface area contributed by atoms with Crippen LogP contribution in [-0.4, -0.2) is 50.7 Å². The minimum absolute atomic E-state index is 0.161. The maximum Gasteiger partial charge on any atom is 0.282 e. The molecule has 126 valence electrons. The van der Waals surface area contributed by atoms with E-state index in [2.05, 4.69) is 15.8 Å². The molecular weight excluding hydrogens is 324 g/mol. The van der Waals surface area contributed by atoms with Gasteiger partial charge in [-0.1, -0.05) is 0 Å². The molecule has 0 bridgehead atoms. The Morgan fingerprint density at radius 1 is 1.35 bits per heavy atom. The maximum absolute atomic E-state index is 11.1. The summed E-state index contributed by atoms with van der Waals surface area (Å²) in [6, 6.07) is 2.74. The van der Waals surface area contributed by atoms with Gasteiger partial charge in [0.2, 0.25) is 0 Å². The molecule has 0 saturated carbocycles. The van der Waals surface area contributed by atoms with E-state index in [-0.39, 0.29) is 22.1 Å². The van der Waals surface area contributed by atoms with Gasteiger partial charge < -0.3 is 19.5 Å². The largest absolute Gasteiger partial charge is 0.493 e. The number of nitro groups is 1. The highest BCUT2D eigenvalue weighted by Gasteiger charge is 2.18. The number of nitro benzene ring substituents is 1. The van der Waals surface area contributed by atoms with Crippen LogP contribution in [0, 0.1) is 10.1 Å². The fraction of sp³-hybridized carbons (Fsp3) is 0.385. The van der Waals surface area contributed by atoms with E-state index < -0.39 is 4.92 Å². The van der Waals surface area contributed by atoms with E-state index in [1.807, 2.05) is 0 Å². The van der Waals surface area contributed by atoms with Gasteiger partial charge in [0, 0.05) is 13.7 Å². The standard InChI is InChI=1S/C13H18N4O5S/c1-20-5-4-14-13(23)16-15-8-9-6-11(21-2)12(22-3)7-10(9)17(18)19/h6-8H,4-5H2,1-3H3,(H2,14,16,23)/b15-8-. The second kappa shape index (κ2) is 9.54. The van der Waals surface area contributed by atoms with E-state index >= 15 is 0 Å². The Hall–Kier alpha value is -2.46. The fourth-order valence-electron chi connectivity index (χ4n) is 1.61. The van der Waals surface area contributed by atoms with Gasteiger partial charge in [0.15, 0.2) is 16.6 Å². The first kappa shape index (κ1) is 18.6. The molecule has 0 heterocycles. The molecule has 0 aliphatic heterocycles. The van der Waals surface area contributed by atoms with Gasteiger partial charge in [-0.15, -0.1) is 0 Å². The van der Waals surface area contributed by atoms with Gasteiger partial charge in [0.1, 0.15) is 0 Å². The number of hydrogen-bond donors (Lipinski definition) is 2. The second-order valence-electron chi connectivity index (χ2n) is 4.14. The molecule has 0 radical (unpaired) electrons. The quantitative estimate of drug-likeness (QED) is 0.237. The third kappa shape index (κ3) is 5.68. The van der Waals surface area contributed by atoms with Crippen molar-refractivity contribution in [3.05, 3.63) is 27.8 Å². The summed E-state index contributed by atoms with van der Waals surface area (Å²) in [6.07, 6.45) is 1.28. The zero-order valence-electron chi connectivity index (χ0n) is 13.0. The van der Waals surface area contributed by atoms with Crippen LogP contribution in [0.25, 0.3) is 0 Å². The van der Waals surface area contributed by atoms with E-state index in [0.29, 0.717) is 18.9 Å². The summed E-state index contributed by atoms with van der Waals surface area (Å²) < 4.78 is 15.0. The number of nitrogens with one attached hydrogen (secondary N) is 2. The average Bonchev–Trinajstić information content (AvgIpc) is 2.54. The summed E-state index contributed by atoms with van der Waals surface area (Å²) in [6.45, 7) is 1.01. The predicted octanol–water partition coefficient (Wildman–Crippen LogP) is 1.06. The SMILES string of the molecule is COCCNC(=S)N/N=C\c1cc(OC)c(OC)cc1[N+](=O)[O-]. The molecule has 0 aliphatic rings. The number of hydrazone groups is 1. The number of rotatable bonds is 8. The minimum atomic E-state index is -0.529. The van der Waals surface area contributed by atoms with Crippen molar-refractivity contribution < 1.29 is 19.1 Å². The molecule has 10 heteroatoms. The molecule has 9 nitrogen and oxygen atoms in total. The molecule has 1 aromatic rings. The van der Waals surface area contributed by atoms with Crippen molar-refractivity contribution in [1.29, 1.82) is 0 Å². The van der Waals surface area contributed by atoms with Crippen molar-refractivity contribution in [2.24, 2.45) is 5.10 Å². The Morgan fingerprint density at radius 3 is 2.57 bits per heavy atom. The molecule has 0 amide bonds. The minimum Gasteiger partial charge on any atom is -0.493 e. The molecule has 0 fully saturated rings. The first-order chi connectivity index (χ1) is 11.0. The highest BCUT2D eigenvalue weighted by molar-refractivity contribution is 7.80. The first-order valence-electron chi connectivity index (χ1n) is 6.49. The summed E-state index contributed by atoms with van der Waals surface area (Å²) in [7, 11) is 4.42. The van der Waals surface area contributed by atoms with Crippen molar-refractivity contribution in [3.8, 4) is 11.5 Å². The van der Waals surface area contributed by atoms with E-state index in [4.69, 9.17) is 26.4 Å². The molecule has 23 heavy (non-hydrogen) atoms. The van der Waals surface area contributed by atoms with Gasteiger partial charge in [0.05, 0.1) is 43.6 Å². The molecule has 2 N–H and O–H groups in total. The Kier molecular flexibility index (Phi) is 7.71. The van der Waals surface area contributed by atoms with Crippen LogP contribution in [0.15, 0.2) is 17.2 Å². The van der Waals surface area contributed by atoms with Gasteiger partial charge >= 0.3 is 0 Å². The Labute approximate surface area is 138 Å². The van der Waals surface area contributed by atoms with Gasteiger partial charge in [0.25, 0.3) is 5.69 Å². The summed E-state index contributed by atoms with van der Waals surface area (Å²) in [5, 5.41) is 18.1. The van der Waals surface area contributed by atoms with Crippen LogP contribution in [-0.2, 0) is 4.74 Å². The number of methoxy groups -OCH3 is 3. The van der Waals surface area contributed by atoms with E-state index in [1.165, 1.54) is 32.6 Å². The monoisotopic (exact) mass is 342 g/mol. The number of nitrogens with zero attached hydrogens (tertiary/aromatic N) is 2. The Morgan fingerprint density at radius 2 is 2.00 bits per heavy atom. The third-order valence-electron chi connectivity index (χ3n) is 2.69. The predicted molar refractivity (Wildman–Crippen MR) is 89.4 cm³/mol. The van der Waals surface area contributed by atoms with Crippen molar-refractivity contribution in [2.75, 3.05) is 34.5 Å². The lowest BCUT2D eigenvalue weighted by molar-refractivity contribution is -0.385. The molecular formula is C13H18N4O5S. The lowest BCUT2D eigenvalue weighted by atomic mass is 10.1. The van der Waals surface area contributed by atoms with Gasteiger partial charge in [-0.25, -0.2) is 0 Å². The number of thiocarbonyl (C=S) groups is 1. The molecule has 0 aromatic heterocycles. The highest BCUT2D eigenvalue weighted by Crippen LogP contribution is 2.33. The molecule has 0 saturated heterocycles. The topological polar surface area (TPSA) is 107 Å². The second-order valence-corrected chi connectivity index (χ2v) is 4.55. The number of hydrogen-bond acceptors (Lipinski definition) is 7. The van der Waals surface area contributed by atoms with E-state index in [0.717, 1.165) is 0 Å². The normalized spacial score (nSPS) is 10.4. The molecule has 0 spiro atoms. The number of benzene rings is 1. The van der Waals surface area contributed by atoms with Crippen LogP contribution in [0.1, 0.15) is 5.56 Å². The van der Waals surface area contributed by atoms with Gasteiger partial charge in [-0.2, -0.15) is 5.10 Å². The molecule has 0 atom stereocenters.